The van der Waals surface area contributed by atoms with Crippen LogP contribution in [0.2, 0.25) is 0 Å². The molecule has 0 aliphatic heterocycles. The second-order valence-corrected chi connectivity index (χ2v) is 5.32. The van der Waals surface area contributed by atoms with Gasteiger partial charge in [-0.1, -0.05) is 18.2 Å². The van der Waals surface area contributed by atoms with Gasteiger partial charge >= 0.3 is 0 Å². The molecule has 1 aromatic carbocycles. The Bertz CT molecular complexity index is 677. The summed E-state index contributed by atoms with van der Waals surface area (Å²) in [6, 6.07) is 6.92. The minimum absolute atomic E-state index is 0.130. The van der Waals surface area contributed by atoms with Gasteiger partial charge in [0.2, 0.25) is 0 Å². The molecule has 2 atom stereocenters. The minimum atomic E-state index is -1.86. The summed E-state index contributed by atoms with van der Waals surface area (Å²) in [6.07, 6.45) is 1.49. The second-order valence-electron chi connectivity index (χ2n) is 5.32. The van der Waals surface area contributed by atoms with Crippen molar-refractivity contribution in [3.8, 4) is 0 Å². The van der Waals surface area contributed by atoms with E-state index in [-0.39, 0.29) is 12.0 Å². The first-order valence-electron chi connectivity index (χ1n) is 6.83. The number of hydrogen-bond donors (Lipinski definition) is 2. The van der Waals surface area contributed by atoms with Crippen LogP contribution >= 0.6 is 0 Å². The van der Waals surface area contributed by atoms with Crippen LogP contribution in [-0.4, -0.2) is 15.2 Å². The number of rotatable bonds is 1. The van der Waals surface area contributed by atoms with Crippen LogP contribution in [0.25, 0.3) is 0 Å². The highest BCUT2D eigenvalue weighted by Crippen LogP contribution is 2.43. The Balaban J connectivity index is 2.14. The third-order valence-electron chi connectivity index (χ3n) is 4.06. The molecule has 0 bridgehead atoms. The van der Waals surface area contributed by atoms with Crippen molar-refractivity contribution in [3.05, 3.63) is 65.0 Å². The molecule has 1 heterocycles. The van der Waals surface area contributed by atoms with E-state index in [1.807, 2.05) is 0 Å². The van der Waals surface area contributed by atoms with E-state index in [4.69, 9.17) is 0 Å². The molecule has 0 radical (unpaired) electrons. The van der Waals surface area contributed by atoms with Gasteiger partial charge < -0.3 is 10.2 Å². The maximum atomic E-state index is 14.1. The van der Waals surface area contributed by atoms with Crippen molar-refractivity contribution >= 4 is 0 Å². The van der Waals surface area contributed by atoms with E-state index in [1.54, 1.807) is 18.3 Å². The molecule has 1 aromatic heterocycles. The number of aromatic nitrogens is 1. The lowest BCUT2D eigenvalue weighted by Crippen LogP contribution is -2.34. The van der Waals surface area contributed by atoms with Crippen molar-refractivity contribution in [1.82, 2.24) is 4.98 Å². The van der Waals surface area contributed by atoms with E-state index in [0.717, 1.165) is 6.07 Å². The van der Waals surface area contributed by atoms with Crippen LogP contribution in [0.1, 0.15) is 35.8 Å². The smallest absolute Gasteiger partial charge is 0.165 e. The molecule has 3 rings (SSSR count). The van der Waals surface area contributed by atoms with Crippen LogP contribution in [-0.2, 0) is 12.0 Å². The summed E-state index contributed by atoms with van der Waals surface area (Å²) in [5.41, 5.74) is -0.939. The van der Waals surface area contributed by atoms with Crippen LogP contribution < -0.4 is 0 Å². The normalized spacial score (nSPS) is 25.2. The number of aliphatic hydroxyl groups is 2. The molecular weight excluding hydrogens is 276 g/mol. The van der Waals surface area contributed by atoms with Crippen LogP contribution in [0, 0.1) is 11.6 Å². The molecule has 2 aromatic rings. The topological polar surface area (TPSA) is 53.4 Å². The molecule has 0 saturated heterocycles. The highest BCUT2D eigenvalue weighted by Gasteiger charge is 2.43. The maximum Gasteiger partial charge on any atom is 0.165 e. The SMILES string of the molecule is O[C@H]1c2cccnc2CCC[C@@]1(O)c1cccc(F)c1F. The first-order chi connectivity index (χ1) is 10.0. The Hall–Kier alpha value is -1.85. The van der Waals surface area contributed by atoms with Gasteiger partial charge in [-0.2, -0.15) is 0 Å². The fourth-order valence-corrected chi connectivity index (χ4v) is 2.95. The van der Waals surface area contributed by atoms with Gasteiger partial charge in [0.25, 0.3) is 0 Å². The monoisotopic (exact) mass is 291 g/mol. The fraction of sp³-hybridized carbons (Fsp3) is 0.312. The molecule has 2 N–H and O–H groups in total. The largest absolute Gasteiger partial charge is 0.385 e. The van der Waals surface area contributed by atoms with Crippen molar-refractivity contribution in [2.24, 2.45) is 0 Å². The molecule has 0 unspecified atom stereocenters. The van der Waals surface area contributed by atoms with Crippen LogP contribution in [0.5, 0.6) is 0 Å². The number of nitrogens with zero attached hydrogens (tertiary/aromatic N) is 1. The molecule has 1 aliphatic carbocycles. The van der Waals surface area contributed by atoms with E-state index in [2.05, 4.69) is 4.98 Å². The molecular formula is C16H15F2NO2. The summed E-state index contributed by atoms with van der Waals surface area (Å²) >= 11 is 0. The Labute approximate surface area is 120 Å². The highest BCUT2D eigenvalue weighted by atomic mass is 19.2. The molecule has 5 heteroatoms. The van der Waals surface area contributed by atoms with E-state index >= 15 is 0 Å². The lowest BCUT2D eigenvalue weighted by molar-refractivity contribution is -0.0899. The lowest BCUT2D eigenvalue weighted by atomic mass is 9.82. The Morgan fingerprint density at radius 3 is 2.81 bits per heavy atom. The van der Waals surface area contributed by atoms with Crippen molar-refractivity contribution in [2.75, 3.05) is 0 Å². The zero-order valence-electron chi connectivity index (χ0n) is 11.3. The third-order valence-corrected chi connectivity index (χ3v) is 4.06. The molecule has 21 heavy (non-hydrogen) atoms. The van der Waals surface area contributed by atoms with Gasteiger partial charge in [0, 0.05) is 23.0 Å². The van der Waals surface area contributed by atoms with E-state index < -0.39 is 23.3 Å². The third kappa shape index (κ3) is 2.22. The van der Waals surface area contributed by atoms with Gasteiger partial charge in [-0.05, 0) is 31.4 Å². The summed E-state index contributed by atoms with van der Waals surface area (Å²) in [7, 11) is 0. The standard InChI is InChI=1S/C16H15F2NO2/c17-12-6-1-5-11(14(12)18)16(21)8-2-7-13-10(15(16)20)4-3-9-19-13/h1,3-6,9,15,20-21H,2,7-8H2/t15-,16+/m0/s1. The van der Waals surface area contributed by atoms with E-state index in [9.17, 15) is 19.0 Å². The molecule has 0 saturated carbocycles. The summed E-state index contributed by atoms with van der Waals surface area (Å²) in [5.74, 6) is -2.16. The minimum Gasteiger partial charge on any atom is -0.385 e. The molecule has 0 spiro atoms. The van der Waals surface area contributed by atoms with Gasteiger partial charge in [0.15, 0.2) is 11.6 Å². The summed E-state index contributed by atoms with van der Waals surface area (Å²) in [6.45, 7) is 0. The number of hydrogen-bond acceptors (Lipinski definition) is 3. The number of aliphatic hydroxyl groups excluding tert-OH is 1. The van der Waals surface area contributed by atoms with Crippen molar-refractivity contribution in [1.29, 1.82) is 0 Å². The summed E-state index contributed by atoms with van der Waals surface area (Å²) < 4.78 is 27.5. The van der Waals surface area contributed by atoms with E-state index in [1.165, 1.54) is 12.1 Å². The van der Waals surface area contributed by atoms with Crippen molar-refractivity contribution in [2.45, 2.75) is 31.0 Å². The number of fused-ring (bicyclic) bond motifs is 1. The van der Waals surface area contributed by atoms with Crippen LogP contribution in [0.15, 0.2) is 36.5 Å². The van der Waals surface area contributed by atoms with Crippen LogP contribution in [0.3, 0.4) is 0 Å². The van der Waals surface area contributed by atoms with E-state index in [0.29, 0.717) is 24.1 Å². The molecule has 3 nitrogen and oxygen atoms in total. The van der Waals surface area contributed by atoms with Gasteiger partial charge in [0.05, 0.1) is 0 Å². The van der Waals surface area contributed by atoms with Gasteiger partial charge in [-0.15, -0.1) is 0 Å². The fourth-order valence-electron chi connectivity index (χ4n) is 2.95. The average molecular weight is 291 g/mol. The summed E-state index contributed by atoms with van der Waals surface area (Å²) in [4.78, 5) is 4.19. The van der Waals surface area contributed by atoms with Gasteiger partial charge in [0.1, 0.15) is 11.7 Å². The van der Waals surface area contributed by atoms with Gasteiger partial charge in [-0.3, -0.25) is 4.98 Å². The zero-order valence-corrected chi connectivity index (χ0v) is 11.3. The van der Waals surface area contributed by atoms with Gasteiger partial charge in [-0.25, -0.2) is 8.78 Å². The van der Waals surface area contributed by atoms with Crippen molar-refractivity contribution < 1.29 is 19.0 Å². The lowest BCUT2D eigenvalue weighted by Gasteiger charge is -2.32. The first-order valence-corrected chi connectivity index (χ1v) is 6.83. The summed E-state index contributed by atoms with van der Waals surface area (Å²) in [5, 5.41) is 21.4. The molecule has 0 fully saturated rings. The Kier molecular flexibility index (Phi) is 3.47. The van der Waals surface area contributed by atoms with Crippen LogP contribution in [0.4, 0.5) is 8.78 Å². The van der Waals surface area contributed by atoms with Crippen molar-refractivity contribution in [3.63, 3.8) is 0 Å². The molecule has 110 valence electrons. The number of benzene rings is 1. The molecule has 1 aliphatic rings. The Morgan fingerprint density at radius 2 is 2.00 bits per heavy atom. The first kappa shape index (κ1) is 14.1. The average Bonchev–Trinajstić information content (AvgIpc) is 2.61. The highest BCUT2D eigenvalue weighted by molar-refractivity contribution is 5.34. The number of pyridine rings is 1. The maximum absolute atomic E-state index is 14.1. The quantitative estimate of drug-likeness (QED) is 0.794. The zero-order chi connectivity index (χ0) is 15.0. The molecule has 0 amide bonds. The second kappa shape index (κ2) is 5.16. The Morgan fingerprint density at radius 1 is 1.19 bits per heavy atom. The number of aryl methyl sites for hydroxylation is 1. The number of halogens is 2. The predicted molar refractivity (Wildman–Crippen MR) is 72.4 cm³/mol. The predicted octanol–water partition coefficient (Wildman–Crippen LogP) is 2.62.